The number of ether oxygens (including phenoxy) is 5. The Morgan fingerprint density at radius 3 is 2.40 bits per heavy atom. The van der Waals surface area contributed by atoms with Gasteiger partial charge in [0.1, 0.15) is 11.6 Å². The summed E-state index contributed by atoms with van der Waals surface area (Å²) in [7, 11) is 4.10. The van der Waals surface area contributed by atoms with Crippen LogP contribution in [0.1, 0.15) is 5.56 Å². The first kappa shape index (κ1) is 28.3. The van der Waals surface area contributed by atoms with Gasteiger partial charge in [0.05, 0.1) is 32.6 Å². The molecule has 2 aromatic heterocycles. The average Bonchev–Trinajstić information content (AvgIpc) is 2.97. The van der Waals surface area contributed by atoms with Crippen molar-refractivity contribution in [2.45, 2.75) is 6.92 Å². The Bertz CT molecular complexity index is 1520. The molecule has 2 heterocycles. The minimum atomic E-state index is -2.89. The molecule has 0 amide bonds. The van der Waals surface area contributed by atoms with Gasteiger partial charge < -0.3 is 28.2 Å². The summed E-state index contributed by atoms with van der Waals surface area (Å²) in [5.41, 5.74) is 1.27. The molecule has 1 atom stereocenters. The van der Waals surface area contributed by atoms with Gasteiger partial charge in [0.15, 0.2) is 29.7 Å². The van der Waals surface area contributed by atoms with E-state index in [4.69, 9.17) is 18.9 Å². The van der Waals surface area contributed by atoms with E-state index in [1.165, 1.54) is 33.6 Å². The minimum Gasteiger partial charge on any atom is -0.755 e. The summed E-state index contributed by atoms with van der Waals surface area (Å²) >= 11 is -2.89. The molecule has 12 nitrogen and oxygen atoms in total. The van der Waals surface area contributed by atoms with Gasteiger partial charge >= 0.3 is 5.97 Å². The molecule has 0 fully saturated rings. The van der Waals surface area contributed by atoms with Crippen molar-refractivity contribution in [1.29, 1.82) is 0 Å². The Labute approximate surface area is 232 Å². The van der Waals surface area contributed by atoms with Crippen LogP contribution in [0.15, 0.2) is 66.9 Å². The van der Waals surface area contributed by atoms with E-state index in [1.54, 1.807) is 54.6 Å². The second-order valence-electron chi connectivity index (χ2n) is 8.06. The van der Waals surface area contributed by atoms with E-state index in [9.17, 15) is 13.6 Å². The lowest BCUT2D eigenvalue weighted by Gasteiger charge is -2.27. The van der Waals surface area contributed by atoms with Crippen LogP contribution in [-0.4, -0.2) is 57.6 Å². The highest BCUT2D eigenvalue weighted by molar-refractivity contribution is 7.81. The van der Waals surface area contributed by atoms with Gasteiger partial charge in [-0.25, -0.2) is 19.1 Å². The highest BCUT2D eigenvalue weighted by Crippen LogP contribution is 2.44. The number of methoxy groups -OCH3 is 3. The summed E-state index contributed by atoms with van der Waals surface area (Å²) in [4.78, 5) is 24.8. The number of aryl methyl sites for hydroxylation is 1. The van der Waals surface area contributed by atoms with Gasteiger partial charge in [-0.05, 0) is 42.8 Å². The van der Waals surface area contributed by atoms with Crippen molar-refractivity contribution < 1.29 is 37.2 Å². The summed E-state index contributed by atoms with van der Waals surface area (Å²) in [5.74, 6) is 0.267. The summed E-state index contributed by atoms with van der Waals surface area (Å²) in [6, 6.07) is 16.6. The van der Waals surface area contributed by atoms with Crippen LogP contribution >= 0.6 is 0 Å². The van der Waals surface area contributed by atoms with E-state index < -0.39 is 17.2 Å². The molecule has 0 spiro atoms. The Balaban J connectivity index is 1.90. The smallest absolute Gasteiger partial charge is 0.343 e. The van der Waals surface area contributed by atoms with Gasteiger partial charge in [0.2, 0.25) is 5.75 Å². The standard InChI is InChI=1S/C27H26N4O8S/c1-17-12-13-22(28-15-17)31(40(33)34)26-24(39-21-11-6-5-10-20(21)35-2)27(37-4)30-25(29-26)18-8-7-9-19(14-18)38-16-23(32)36-3/h5-15H,16H2,1-4H3,(H,33,34)/p-1. The zero-order valence-corrected chi connectivity index (χ0v) is 22.8. The lowest BCUT2D eigenvalue weighted by Crippen LogP contribution is -2.23. The maximum Gasteiger partial charge on any atom is 0.343 e. The van der Waals surface area contributed by atoms with E-state index in [2.05, 4.69) is 19.7 Å². The SMILES string of the molecule is COC(=O)COc1cccc(-c2nc(OC)c(Oc3ccccc3OC)c(N(c3ccc(C)cn3)S(=O)[O-])n2)c1. The zero-order valence-electron chi connectivity index (χ0n) is 22.0. The molecule has 0 aliphatic heterocycles. The summed E-state index contributed by atoms with van der Waals surface area (Å²) < 4.78 is 53.3. The Morgan fingerprint density at radius 2 is 1.75 bits per heavy atom. The molecule has 13 heteroatoms. The van der Waals surface area contributed by atoms with Crippen molar-refractivity contribution in [3.63, 3.8) is 0 Å². The van der Waals surface area contributed by atoms with Crippen molar-refractivity contribution in [3.8, 4) is 40.3 Å². The Morgan fingerprint density at radius 1 is 0.975 bits per heavy atom. The third-order valence-electron chi connectivity index (χ3n) is 5.41. The first-order valence-electron chi connectivity index (χ1n) is 11.7. The van der Waals surface area contributed by atoms with Crippen LogP contribution in [0.3, 0.4) is 0 Å². The monoisotopic (exact) mass is 565 g/mol. The van der Waals surface area contributed by atoms with Crippen LogP contribution in [0, 0.1) is 6.92 Å². The maximum atomic E-state index is 12.6. The molecule has 2 aromatic carbocycles. The number of nitrogens with zero attached hydrogens (tertiary/aromatic N) is 4. The topological polar surface area (TPSA) is 145 Å². The van der Waals surface area contributed by atoms with Crippen LogP contribution in [-0.2, 0) is 20.8 Å². The van der Waals surface area contributed by atoms with Gasteiger partial charge in [-0.15, -0.1) is 0 Å². The average molecular weight is 566 g/mol. The number of hydrogen-bond donors (Lipinski definition) is 0. The Kier molecular flexibility index (Phi) is 9.09. The van der Waals surface area contributed by atoms with Crippen LogP contribution in [0.25, 0.3) is 11.4 Å². The molecule has 40 heavy (non-hydrogen) atoms. The zero-order chi connectivity index (χ0) is 28.6. The molecule has 4 aromatic rings. The van der Waals surface area contributed by atoms with Gasteiger partial charge in [0.25, 0.3) is 5.88 Å². The van der Waals surface area contributed by atoms with E-state index in [0.29, 0.717) is 17.1 Å². The fourth-order valence-corrected chi connectivity index (χ4v) is 4.01. The first-order valence-corrected chi connectivity index (χ1v) is 12.8. The van der Waals surface area contributed by atoms with Crippen LogP contribution in [0.5, 0.6) is 28.9 Å². The van der Waals surface area contributed by atoms with Gasteiger partial charge in [-0.2, -0.15) is 4.98 Å². The number of hydrogen-bond acceptors (Lipinski definition) is 11. The van der Waals surface area contributed by atoms with Crippen molar-refractivity contribution in [3.05, 3.63) is 72.4 Å². The second kappa shape index (κ2) is 12.9. The molecule has 4 rings (SSSR count). The number of carbonyl (C=O) groups is 1. The molecule has 0 bridgehead atoms. The molecule has 0 N–H and O–H groups in total. The molecule has 0 radical (unpaired) electrons. The first-order chi connectivity index (χ1) is 19.3. The van der Waals surface area contributed by atoms with E-state index in [-0.39, 0.29) is 41.4 Å². The van der Waals surface area contributed by atoms with Crippen molar-refractivity contribution >= 4 is 28.9 Å². The van der Waals surface area contributed by atoms with Crippen molar-refractivity contribution in [2.24, 2.45) is 0 Å². The van der Waals surface area contributed by atoms with Crippen LogP contribution < -0.4 is 23.3 Å². The van der Waals surface area contributed by atoms with Crippen molar-refractivity contribution in [2.75, 3.05) is 32.2 Å². The highest BCUT2D eigenvalue weighted by atomic mass is 32.2. The molecule has 1 unspecified atom stereocenters. The lowest BCUT2D eigenvalue weighted by atomic mass is 10.2. The number of anilines is 2. The summed E-state index contributed by atoms with van der Waals surface area (Å²) in [6.45, 7) is 1.52. The van der Waals surface area contributed by atoms with Gasteiger partial charge in [-0.3, -0.25) is 4.21 Å². The molecule has 0 saturated heterocycles. The third-order valence-corrected chi connectivity index (χ3v) is 6.07. The van der Waals surface area contributed by atoms with E-state index in [0.717, 1.165) is 9.87 Å². The lowest BCUT2D eigenvalue weighted by molar-refractivity contribution is -0.142. The molecular formula is C27H25N4O8S-. The number of pyridine rings is 1. The number of carbonyl (C=O) groups excluding carboxylic acids is 1. The van der Waals surface area contributed by atoms with Gasteiger partial charge in [-0.1, -0.05) is 30.3 Å². The predicted molar refractivity (Wildman–Crippen MR) is 145 cm³/mol. The maximum absolute atomic E-state index is 12.6. The number of rotatable bonds is 11. The summed E-state index contributed by atoms with van der Waals surface area (Å²) in [6.07, 6.45) is 1.53. The molecule has 0 saturated carbocycles. The van der Waals surface area contributed by atoms with E-state index >= 15 is 0 Å². The number of aromatic nitrogens is 3. The largest absolute Gasteiger partial charge is 0.755 e. The number of benzene rings is 2. The fraction of sp³-hybridized carbons (Fsp3) is 0.185. The molecule has 0 aliphatic carbocycles. The van der Waals surface area contributed by atoms with E-state index in [1.807, 2.05) is 6.92 Å². The predicted octanol–water partition coefficient (Wildman–Crippen LogP) is 4.14. The normalized spacial score (nSPS) is 11.3. The Hall–Kier alpha value is -4.75. The number of esters is 1. The quantitative estimate of drug-likeness (QED) is 0.191. The number of para-hydroxylation sites is 2. The molecular weight excluding hydrogens is 540 g/mol. The second-order valence-corrected chi connectivity index (χ2v) is 8.86. The minimum absolute atomic E-state index is 0.0608. The van der Waals surface area contributed by atoms with Crippen LogP contribution in [0.4, 0.5) is 11.6 Å². The van der Waals surface area contributed by atoms with Gasteiger partial charge in [0, 0.05) is 11.8 Å². The van der Waals surface area contributed by atoms with Crippen LogP contribution in [0.2, 0.25) is 0 Å². The fourth-order valence-electron chi connectivity index (χ4n) is 3.49. The van der Waals surface area contributed by atoms with Crippen molar-refractivity contribution in [1.82, 2.24) is 15.0 Å². The highest BCUT2D eigenvalue weighted by Gasteiger charge is 2.27. The molecule has 0 aliphatic rings. The molecule has 208 valence electrons. The summed E-state index contributed by atoms with van der Waals surface area (Å²) in [5, 5.41) is 0. The third kappa shape index (κ3) is 6.45.